The zero-order valence-corrected chi connectivity index (χ0v) is 14.1. The summed E-state index contributed by atoms with van der Waals surface area (Å²) in [5, 5.41) is 0. The number of imidazole rings is 1. The highest BCUT2D eigenvalue weighted by atomic mass is 19.1. The number of rotatable bonds is 5. The van der Waals surface area contributed by atoms with Gasteiger partial charge < -0.3 is 9.47 Å². The van der Waals surface area contributed by atoms with E-state index in [0.29, 0.717) is 13.0 Å². The number of hydrogen-bond acceptors (Lipinski definition) is 2. The third-order valence-electron chi connectivity index (χ3n) is 4.76. The van der Waals surface area contributed by atoms with Gasteiger partial charge in [-0.1, -0.05) is 19.1 Å². The van der Waals surface area contributed by atoms with Crippen LogP contribution in [-0.2, 0) is 17.8 Å². The number of aryl methyl sites for hydroxylation is 2. The number of carbonyl (C=O) groups is 1. The molecule has 0 radical (unpaired) electrons. The van der Waals surface area contributed by atoms with Crippen molar-refractivity contribution in [2.45, 2.75) is 51.6 Å². The summed E-state index contributed by atoms with van der Waals surface area (Å²) < 4.78 is 15.2. The van der Waals surface area contributed by atoms with Crippen LogP contribution in [0.2, 0.25) is 0 Å². The first kappa shape index (κ1) is 16.7. The molecule has 1 aliphatic rings. The molecular weight excluding hydrogens is 305 g/mol. The molecule has 1 aliphatic heterocycles. The van der Waals surface area contributed by atoms with Gasteiger partial charge in [0, 0.05) is 38.3 Å². The zero-order valence-electron chi connectivity index (χ0n) is 14.1. The van der Waals surface area contributed by atoms with E-state index < -0.39 is 0 Å². The smallest absolute Gasteiger partial charge is 0.224 e. The molecule has 128 valence electrons. The van der Waals surface area contributed by atoms with Crippen LogP contribution in [0.1, 0.15) is 50.0 Å². The number of aromatic nitrogens is 2. The highest BCUT2D eigenvalue weighted by Gasteiger charge is 2.27. The van der Waals surface area contributed by atoms with E-state index in [1.54, 1.807) is 18.3 Å². The molecular formula is C19H24FN3O. The van der Waals surface area contributed by atoms with Crippen molar-refractivity contribution in [2.75, 3.05) is 6.54 Å². The molecule has 2 aromatic rings. The lowest BCUT2D eigenvalue weighted by molar-refractivity contribution is -0.135. The number of likely N-dealkylation sites (tertiary alicyclic amines) is 1. The van der Waals surface area contributed by atoms with E-state index in [9.17, 15) is 9.18 Å². The largest absolute Gasteiger partial charge is 0.336 e. The van der Waals surface area contributed by atoms with Crippen LogP contribution in [0.5, 0.6) is 0 Å². The van der Waals surface area contributed by atoms with Crippen LogP contribution in [0.4, 0.5) is 4.39 Å². The van der Waals surface area contributed by atoms with E-state index in [4.69, 9.17) is 0 Å². The van der Waals surface area contributed by atoms with Gasteiger partial charge in [0.2, 0.25) is 5.91 Å². The summed E-state index contributed by atoms with van der Waals surface area (Å²) in [6.07, 6.45) is 8.14. The molecule has 5 heteroatoms. The number of halogens is 1. The highest BCUT2D eigenvalue weighted by Crippen LogP contribution is 2.31. The maximum absolute atomic E-state index is 13.2. The molecule has 4 nitrogen and oxygen atoms in total. The summed E-state index contributed by atoms with van der Waals surface area (Å²) in [5.74, 6) is 0.941. The van der Waals surface area contributed by atoms with Crippen molar-refractivity contribution in [3.05, 3.63) is 53.9 Å². The maximum Gasteiger partial charge on any atom is 0.224 e. The Balaban J connectivity index is 1.68. The van der Waals surface area contributed by atoms with Gasteiger partial charge in [-0.15, -0.1) is 0 Å². The molecule has 1 aromatic carbocycles. The molecule has 3 rings (SSSR count). The van der Waals surface area contributed by atoms with Crippen molar-refractivity contribution in [1.29, 1.82) is 0 Å². The van der Waals surface area contributed by atoms with E-state index in [0.717, 1.165) is 43.6 Å². The number of hydrogen-bond donors (Lipinski definition) is 0. The van der Waals surface area contributed by atoms with Gasteiger partial charge in [-0.3, -0.25) is 4.79 Å². The standard InChI is InChI=1S/C19H24FN3O/c1-2-18-21-11-14-22(18)13-10-19(24)23-12-4-3-5-17(23)15-6-8-16(20)9-7-15/h6-9,11,14,17H,2-5,10,12-13H2,1H3. The molecule has 0 saturated carbocycles. The Hall–Kier alpha value is -2.17. The van der Waals surface area contributed by atoms with Crippen LogP contribution < -0.4 is 0 Å². The van der Waals surface area contributed by atoms with Crippen molar-refractivity contribution in [2.24, 2.45) is 0 Å². The third-order valence-corrected chi connectivity index (χ3v) is 4.76. The Morgan fingerprint density at radius 3 is 2.83 bits per heavy atom. The second kappa shape index (κ2) is 7.60. The summed E-state index contributed by atoms with van der Waals surface area (Å²) in [5.41, 5.74) is 1.03. The molecule has 24 heavy (non-hydrogen) atoms. The molecule has 0 N–H and O–H groups in total. The molecule has 0 bridgehead atoms. The molecule has 1 atom stereocenters. The van der Waals surface area contributed by atoms with E-state index in [2.05, 4.69) is 16.5 Å². The van der Waals surface area contributed by atoms with Gasteiger partial charge >= 0.3 is 0 Å². The lowest BCUT2D eigenvalue weighted by atomic mass is 9.95. The Morgan fingerprint density at radius 1 is 1.29 bits per heavy atom. The first-order valence-corrected chi connectivity index (χ1v) is 8.74. The molecule has 2 heterocycles. The van der Waals surface area contributed by atoms with E-state index in [1.807, 2.05) is 11.1 Å². The molecule has 1 unspecified atom stereocenters. The van der Waals surface area contributed by atoms with Gasteiger partial charge in [0.05, 0.1) is 6.04 Å². The second-order valence-corrected chi connectivity index (χ2v) is 6.29. The Labute approximate surface area is 142 Å². The number of piperidine rings is 1. The van der Waals surface area contributed by atoms with Crippen molar-refractivity contribution in [3.8, 4) is 0 Å². The summed E-state index contributed by atoms with van der Waals surface area (Å²) >= 11 is 0. The average molecular weight is 329 g/mol. The Kier molecular flexibility index (Phi) is 5.28. The average Bonchev–Trinajstić information content (AvgIpc) is 3.08. The predicted molar refractivity (Wildman–Crippen MR) is 90.9 cm³/mol. The minimum absolute atomic E-state index is 0.0697. The lowest BCUT2D eigenvalue weighted by Crippen LogP contribution is -2.38. The van der Waals surface area contributed by atoms with Gasteiger partial charge in [-0.05, 0) is 37.0 Å². The fourth-order valence-corrected chi connectivity index (χ4v) is 3.48. The van der Waals surface area contributed by atoms with Gasteiger partial charge in [0.1, 0.15) is 11.6 Å². The summed E-state index contributed by atoms with van der Waals surface area (Å²) in [4.78, 5) is 19.0. The quantitative estimate of drug-likeness (QED) is 0.838. The molecule has 1 saturated heterocycles. The van der Waals surface area contributed by atoms with Crippen molar-refractivity contribution < 1.29 is 9.18 Å². The fraction of sp³-hybridized carbons (Fsp3) is 0.474. The van der Waals surface area contributed by atoms with Gasteiger partial charge in [0.15, 0.2) is 0 Å². The first-order chi connectivity index (χ1) is 11.7. The van der Waals surface area contributed by atoms with Crippen LogP contribution in [0.15, 0.2) is 36.7 Å². The predicted octanol–water partition coefficient (Wildman–Crippen LogP) is 3.73. The zero-order chi connectivity index (χ0) is 16.9. The highest BCUT2D eigenvalue weighted by molar-refractivity contribution is 5.76. The van der Waals surface area contributed by atoms with Crippen LogP contribution in [0.3, 0.4) is 0 Å². The normalized spacial score (nSPS) is 17.9. The van der Waals surface area contributed by atoms with Crippen molar-refractivity contribution in [1.82, 2.24) is 14.5 Å². The van der Waals surface area contributed by atoms with E-state index >= 15 is 0 Å². The van der Waals surface area contributed by atoms with Crippen LogP contribution in [0.25, 0.3) is 0 Å². The number of amides is 1. The Bertz CT molecular complexity index is 680. The van der Waals surface area contributed by atoms with E-state index in [1.165, 1.54) is 12.1 Å². The summed E-state index contributed by atoms with van der Waals surface area (Å²) in [6.45, 7) is 3.51. The lowest BCUT2D eigenvalue weighted by Gasteiger charge is -2.36. The molecule has 1 aromatic heterocycles. The maximum atomic E-state index is 13.2. The molecule has 1 amide bonds. The molecule has 0 spiro atoms. The van der Waals surface area contributed by atoms with Crippen LogP contribution in [0, 0.1) is 5.82 Å². The van der Waals surface area contributed by atoms with Crippen molar-refractivity contribution in [3.63, 3.8) is 0 Å². The van der Waals surface area contributed by atoms with Crippen LogP contribution in [-0.4, -0.2) is 26.9 Å². The minimum atomic E-state index is -0.236. The monoisotopic (exact) mass is 329 g/mol. The molecule has 0 aliphatic carbocycles. The van der Waals surface area contributed by atoms with Gasteiger partial charge in [-0.25, -0.2) is 9.37 Å². The van der Waals surface area contributed by atoms with Gasteiger partial charge in [-0.2, -0.15) is 0 Å². The second-order valence-electron chi connectivity index (χ2n) is 6.29. The SMILES string of the molecule is CCc1nccn1CCC(=O)N1CCCCC1c1ccc(F)cc1. The number of carbonyl (C=O) groups excluding carboxylic acids is 1. The summed E-state index contributed by atoms with van der Waals surface area (Å²) in [6, 6.07) is 6.63. The number of benzene rings is 1. The fourth-order valence-electron chi connectivity index (χ4n) is 3.48. The van der Waals surface area contributed by atoms with Crippen molar-refractivity contribution >= 4 is 5.91 Å². The third kappa shape index (κ3) is 3.66. The first-order valence-electron chi connectivity index (χ1n) is 8.74. The molecule has 1 fully saturated rings. The van der Waals surface area contributed by atoms with Crippen LogP contribution >= 0.6 is 0 Å². The van der Waals surface area contributed by atoms with E-state index in [-0.39, 0.29) is 17.8 Å². The summed E-state index contributed by atoms with van der Waals surface area (Å²) in [7, 11) is 0. The minimum Gasteiger partial charge on any atom is -0.336 e. The number of nitrogens with zero attached hydrogens (tertiary/aromatic N) is 3. The topological polar surface area (TPSA) is 38.1 Å². The Morgan fingerprint density at radius 2 is 2.08 bits per heavy atom. The van der Waals surface area contributed by atoms with Gasteiger partial charge in [0.25, 0.3) is 0 Å².